The van der Waals surface area contributed by atoms with Crippen molar-refractivity contribution in [3.8, 4) is 0 Å². The van der Waals surface area contributed by atoms with E-state index in [0.29, 0.717) is 12.0 Å². The molecule has 1 rings (SSSR count). The van der Waals surface area contributed by atoms with Gasteiger partial charge in [-0.05, 0) is 18.1 Å². The highest BCUT2D eigenvalue weighted by Gasteiger charge is 2.08. The zero-order valence-corrected chi connectivity index (χ0v) is 7.66. The van der Waals surface area contributed by atoms with Crippen molar-refractivity contribution in [1.82, 2.24) is 0 Å². The molecule has 0 saturated heterocycles. The van der Waals surface area contributed by atoms with Crippen LogP contribution in [0, 0.1) is 5.82 Å². The second kappa shape index (κ2) is 4.08. The quantitative estimate of drug-likeness (QED) is 0.742. The van der Waals surface area contributed by atoms with Crippen molar-refractivity contribution >= 4 is 23.2 Å². The van der Waals surface area contributed by atoms with Crippen LogP contribution in [0.3, 0.4) is 0 Å². The van der Waals surface area contributed by atoms with Crippen molar-refractivity contribution in [2.24, 2.45) is 0 Å². The van der Waals surface area contributed by atoms with Crippen LogP contribution in [0.2, 0.25) is 10.0 Å². The first-order chi connectivity index (χ1) is 5.66. The van der Waals surface area contributed by atoms with Crippen molar-refractivity contribution in [3.05, 3.63) is 33.6 Å². The van der Waals surface area contributed by atoms with Gasteiger partial charge in [-0.3, -0.25) is 0 Å². The van der Waals surface area contributed by atoms with Gasteiger partial charge in [-0.25, -0.2) is 4.39 Å². The molecule has 0 amide bonds. The summed E-state index contributed by atoms with van der Waals surface area (Å²) in [5.74, 6) is -0.621. The van der Waals surface area contributed by atoms with E-state index < -0.39 is 5.82 Å². The summed E-state index contributed by atoms with van der Waals surface area (Å²) in [6.45, 7) is -0.0548. The van der Waals surface area contributed by atoms with Crippen LogP contribution in [-0.4, -0.2) is 11.7 Å². The first kappa shape index (κ1) is 9.78. The summed E-state index contributed by atoms with van der Waals surface area (Å²) >= 11 is 11.1. The van der Waals surface area contributed by atoms with E-state index in [9.17, 15) is 4.39 Å². The van der Waals surface area contributed by atoms with Crippen LogP contribution in [0.1, 0.15) is 5.56 Å². The molecule has 0 radical (unpaired) electrons. The van der Waals surface area contributed by atoms with Crippen LogP contribution in [0.4, 0.5) is 4.39 Å². The predicted octanol–water partition coefficient (Wildman–Crippen LogP) is 2.67. The van der Waals surface area contributed by atoms with E-state index >= 15 is 0 Å². The fourth-order valence-corrected chi connectivity index (χ4v) is 1.34. The fraction of sp³-hybridized carbons (Fsp3) is 0.250. The van der Waals surface area contributed by atoms with Crippen molar-refractivity contribution in [1.29, 1.82) is 0 Å². The summed E-state index contributed by atoms with van der Waals surface area (Å²) in [6.07, 6.45) is 0.340. The highest BCUT2D eigenvalue weighted by Crippen LogP contribution is 2.26. The second-order valence-corrected chi connectivity index (χ2v) is 3.09. The Labute approximate surface area is 79.7 Å². The number of halogens is 3. The summed E-state index contributed by atoms with van der Waals surface area (Å²) in [6, 6.07) is 3.03. The van der Waals surface area contributed by atoms with Gasteiger partial charge in [0, 0.05) is 6.61 Å². The Kier molecular flexibility index (Phi) is 3.32. The molecule has 0 unspecified atom stereocenters. The smallest absolute Gasteiger partial charge is 0.160 e. The van der Waals surface area contributed by atoms with Crippen LogP contribution in [0.25, 0.3) is 0 Å². The molecule has 0 bridgehead atoms. The number of hydrogen-bond donors (Lipinski definition) is 1. The maximum Gasteiger partial charge on any atom is 0.160 e. The van der Waals surface area contributed by atoms with Gasteiger partial charge in [-0.2, -0.15) is 0 Å². The zero-order chi connectivity index (χ0) is 9.14. The molecular formula is C8H7Cl2FO. The average molecular weight is 209 g/mol. The minimum atomic E-state index is -0.621. The summed E-state index contributed by atoms with van der Waals surface area (Å²) in [7, 11) is 0. The van der Waals surface area contributed by atoms with Gasteiger partial charge in [0.2, 0.25) is 0 Å². The second-order valence-electron chi connectivity index (χ2n) is 2.31. The first-order valence-electron chi connectivity index (χ1n) is 3.40. The summed E-state index contributed by atoms with van der Waals surface area (Å²) in [4.78, 5) is 0. The average Bonchev–Trinajstić information content (AvgIpc) is 2.07. The Morgan fingerprint density at radius 1 is 1.33 bits per heavy atom. The Balaban J connectivity index is 3.08. The van der Waals surface area contributed by atoms with Gasteiger partial charge in [0.15, 0.2) is 5.82 Å². The van der Waals surface area contributed by atoms with E-state index in [0.717, 1.165) is 0 Å². The molecule has 0 atom stereocenters. The molecule has 0 aliphatic carbocycles. The molecule has 12 heavy (non-hydrogen) atoms. The molecule has 0 aliphatic rings. The summed E-state index contributed by atoms with van der Waals surface area (Å²) < 4.78 is 13.0. The summed E-state index contributed by atoms with van der Waals surface area (Å²) in [5, 5.41) is 8.59. The maximum atomic E-state index is 13.0. The number of aliphatic hydroxyl groups excluding tert-OH is 1. The van der Waals surface area contributed by atoms with E-state index in [1.54, 1.807) is 6.07 Å². The third kappa shape index (κ3) is 1.89. The van der Waals surface area contributed by atoms with Crippen LogP contribution in [0.15, 0.2) is 12.1 Å². The van der Waals surface area contributed by atoms with E-state index in [1.165, 1.54) is 6.07 Å². The molecule has 0 heterocycles. The van der Waals surface area contributed by atoms with Gasteiger partial charge in [-0.1, -0.05) is 29.3 Å². The van der Waals surface area contributed by atoms with Gasteiger partial charge < -0.3 is 5.11 Å². The highest BCUT2D eigenvalue weighted by atomic mass is 35.5. The lowest BCUT2D eigenvalue weighted by atomic mass is 10.1. The molecule has 4 heteroatoms. The molecule has 66 valence electrons. The van der Waals surface area contributed by atoms with E-state index in [-0.39, 0.29) is 16.7 Å². The lowest BCUT2D eigenvalue weighted by molar-refractivity contribution is 0.299. The Bertz CT molecular complexity index is 289. The molecule has 1 aromatic rings. The SMILES string of the molecule is OCCc1ccc(Cl)c(F)c1Cl. The third-order valence-electron chi connectivity index (χ3n) is 1.50. The van der Waals surface area contributed by atoms with Gasteiger partial charge in [0.05, 0.1) is 10.0 Å². The minimum absolute atomic E-state index is 0.00156. The molecule has 0 spiro atoms. The first-order valence-corrected chi connectivity index (χ1v) is 4.15. The number of benzene rings is 1. The molecule has 1 nitrogen and oxygen atoms in total. The van der Waals surface area contributed by atoms with Crippen LogP contribution in [-0.2, 0) is 6.42 Å². The summed E-state index contributed by atoms with van der Waals surface area (Å²) in [5.41, 5.74) is 0.570. The fourth-order valence-electron chi connectivity index (χ4n) is 0.879. The topological polar surface area (TPSA) is 20.2 Å². The number of hydrogen-bond acceptors (Lipinski definition) is 1. The molecule has 0 saturated carbocycles. The van der Waals surface area contributed by atoms with E-state index in [2.05, 4.69) is 0 Å². The molecular weight excluding hydrogens is 202 g/mol. The largest absolute Gasteiger partial charge is 0.396 e. The van der Waals surface area contributed by atoms with Crippen LogP contribution in [0.5, 0.6) is 0 Å². The van der Waals surface area contributed by atoms with Crippen molar-refractivity contribution in [2.75, 3.05) is 6.61 Å². The van der Waals surface area contributed by atoms with Crippen molar-refractivity contribution < 1.29 is 9.50 Å². The molecule has 1 aromatic carbocycles. The Morgan fingerprint density at radius 2 is 2.00 bits per heavy atom. The predicted molar refractivity (Wildman–Crippen MR) is 47.2 cm³/mol. The normalized spacial score (nSPS) is 10.3. The van der Waals surface area contributed by atoms with Crippen LogP contribution >= 0.6 is 23.2 Å². The zero-order valence-electron chi connectivity index (χ0n) is 6.15. The Hall–Kier alpha value is -0.310. The number of rotatable bonds is 2. The Morgan fingerprint density at radius 3 is 2.58 bits per heavy atom. The molecule has 1 N–H and O–H groups in total. The van der Waals surface area contributed by atoms with E-state index in [4.69, 9.17) is 28.3 Å². The van der Waals surface area contributed by atoms with Crippen molar-refractivity contribution in [2.45, 2.75) is 6.42 Å². The third-order valence-corrected chi connectivity index (χ3v) is 2.20. The van der Waals surface area contributed by atoms with Gasteiger partial charge in [0.25, 0.3) is 0 Å². The van der Waals surface area contributed by atoms with Crippen LogP contribution < -0.4 is 0 Å². The number of aliphatic hydroxyl groups is 1. The lowest BCUT2D eigenvalue weighted by Crippen LogP contribution is -1.93. The lowest BCUT2D eigenvalue weighted by Gasteiger charge is -2.03. The molecule has 0 fully saturated rings. The van der Waals surface area contributed by atoms with Gasteiger partial charge in [-0.15, -0.1) is 0 Å². The molecule has 0 aliphatic heterocycles. The van der Waals surface area contributed by atoms with Gasteiger partial charge >= 0.3 is 0 Å². The molecule has 0 aromatic heterocycles. The van der Waals surface area contributed by atoms with Crippen molar-refractivity contribution in [3.63, 3.8) is 0 Å². The highest BCUT2D eigenvalue weighted by molar-refractivity contribution is 6.35. The minimum Gasteiger partial charge on any atom is -0.396 e. The standard InChI is InChI=1S/C8H7Cl2FO/c9-6-2-1-5(3-4-12)7(10)8(6)11/h1-2,12H,3-4H2. The maximum absolute atomic E-state index is 13.0. The monoisotopic (exact) mass is 208 g/mol. The van der Waals surface area contributed by atoms with E-state index in [1.807, 2.05) is 0 Å². The van der Waals surface area contributed by atoms with Gasteiger partial charge in [0.1, 0.15) is 0 Å².